The van der Waals surface area contributed by atoms with E-state index < -0.39 is 0 Å². The van der Waals surface area contributed by atoms with Gasteiger partial charge in [0.25, 0.3) is 5.56 Å². The van der Waals surface area contributed by atoms with Crippen LogP contribution in [0.25, 0.3) is 5.65 Å². The Morgan fingerprint density at radius 1 is 1.19 bits per heavy atom. The summed E-state index contributed by atoms with van der Waals surface area (Å²) in [5.41, 5.74) is 1.66. The van der Waals surface area contributed by atoms with E-state index >= 15 is 0 Å². The lowest BCUT2D eigenvalue weighted by Gasteiger charge is -2.32. The first-order valence-electron chi connectivity index (χ1n) is 9.08. The quantitative estimate of drug-likeness (QED) is 0.710. The molecular formula is C18H23N7O. The Morgan fingerprint density at radius 2 is 2.00 bits per heavy atom. The second kappa shape index (κ2) is 6.86. The summed E-state index contributed by atoms with van der Waals surface area (Å²) in [5.74, 6) is 1.70. The van der Waals surface area contributed by atoms with E-state index in [-0.39, 0.29) is 11.5 Å². The van der Waals surface area contributed by atoms with Crippen LogP contribution in [0.2, 0.25) is 0 Å². The molecule has 0 saturated carbocycles. The third-order valence-electron chi connectivity index (χ3n) is 5.03. The van der Waals surface area contributed by atoms with Crippen LogP contribution in [0.15, 0.2) is 35.6 Å². The molecule has 3 aromatic heterocycles. The average Bonchev–Trinajstić information content (AvgIpc) is 3.11. The van der Waals surface area contributed by atoms with E-state index in [0.29, 0.717) is 5.92 Å². The average molecular weight is 353 g/mol. The molecule has 1 saturated heterocycles. The SMILES string of the molecule is CC(C)c1cc(=O)n(CC2CCN(c3ccc4nncn4n3)CC2)cn1. The van der Waals surface area contributed by atoms with Gasteiger partial charge in [-0.2, -0.15) is 4.52 Å². The monoisotopic (exact) mass is 353 g/mol. The van der Waals surface area contributed by atoms with E-state index in [1.54, 1.807) is 27.8 Å². The molecule has 0 aliphatic carbocycles. The van der Waals surface area contributed by atoms with Gasteiger partial charge in [0.2, 0.25) is 0 Å². The van der Waals surface area contributed by atoms with Crippen LogP contribution in [0.1, 0.15) is 38.3 Å². The maximum Gasteiger partial charge on any atom is 0.253 e. The number of hydrogen-bond acceptors (Lipinski definition) is 6. The van der Waals surface area contributed by atoms with Gasteiger partial charge in [-0.05, 0) is 36.8 Å². The van der Waals surface area contributed by atoms with Gasteiger partial charge in [-0.25, -0.2) is 4.98 Å². The molecule has 136 valence electrons. The zero-order valence-electron chi connectivity index (χ0n) is 15.1. The topological polar surface area (TPSA) is 81.2 Å². The molecule has 0 atom stereocenters. The first-order chi connectivity index (χ1) is 12.6. The molecule has 8 nitrogen and oxygen atoms in total. The van der Waals surface area contributed by atoms with Gasteiger partial charge in [0, 0.05) is 25.7 Å². The summed E-state index contributed by atoms with van der Waals surface area (Å²) in [7, 11) is 0. The highest BCUT2D eigenvalue weighted by atomic mass is 16.1. The minimum absolute atomic E-state index is 0.0471. The molecule has 0 spiro atoms. The first kappa shape index (κ1) is 16.7. The third kappa shape index (κ3) is 3.31. The lowest BCUT2D eigenvalue weighted by atomic mass is 9.96. The molecule has 8 heteroatoms. The van der Waals surface area contributed by atoms with E-state index in [2.05, 4.69) is 25.2 Å². The van der Waals surface area contributed by atoms with Crippen molar-refractivity contribution in [3.8, 4) is 0 Å². The van der Waals surface area contributed by atoms with Crippen LogP contribution < -0.4 is 10.5 Å². The van der Waals surface area contributed by atoms with Gasteiger partial charge in [-0.1, -0.05) is 13.8 Å². The predicted octanol–water partition coefficient (Wildman–Crippen LogP) is 1.72. The largest absolute Gasteiger partial charge is 0.355 e. The van der Waals surface area contributed by atoms with Gasteiger partial charge in [0.05, 0.1) is 12.0 Å². The molecule has 1 aliphatic rings. The second-order valence-electron chi connectivity index (χ2n) is 7.21. The normalized spacial score (nSPS) is 15.9. The Morgan fingerprint density at radius 3 is 2.73 bits per heavy atom. The van der Waals surface area contributed by atoms with E-state index in [1.807, 2.05) is 26.0 Å². The fourth-order valence-electron chi connectivity index (χ4n) is 3.40. The highest BCUT2D eigenvalue weighted by Crippen LogP contribution is 2.22. The Labute approximate surface area is 151 Å². The number of fused-ring (bicyclic) bond motifs is 1. The molecule has 26 heavy (non-hydrogen) atoms. The van der Waals surface area contributed by atoms with E-state index in [9.17, 15) is 4.79 Å². The number of piperidine rings is 1. The Bertz CT molecular complexity index is 953. The van der Waals surface area contributed by atoms with Crippen molar-refractivity contribution < 1.29 is 0 Å². The summed E-state index contributed by atoms with van der Waals surface area (Å²) in [6, 6.07) is 5.59. The van der Waals surface area contributed by atoms with Crippen LogP contribution >= 0.6 is 0 Å². The predicted molar refractivity (Wildman–Crippen MR) is 98.3 cm³/mol. The van der Waals surface area contributed by atoms with Crippen molar-refractivity contribution in [2.75, 3.05) is 18.0 Å². The van der Waals surface area contributed by atoms with Gasteiger partial charge in [-0.3, -0.25) is 9.36 Å². The summed E-state index contributed by atoms with van der Waals surface area (Å²) in [6.07, 6.45) is 5.37. The van der Waals surface area contributed by atoms with Crippen LogP contribution in [0, 0.1) is 5.92 Å². The smallest absolute Gasteiger partial charge is 0.253 e. The summed E-state index contributed by atoms with van der Waals surface area (Å²) in [4.78, 5) is 19.0. The van der Waals surface area contributed by atoms with E-state index in [1.165, 1.54) is 0 Å². The Hall–Kier alpha value is -2.77. The zero-order chi connectivity index (χ0) is 18.1. The minimum Gasteiger partial charge on any atom is -0.355 e. The standard InChI is InChI=1S/C18H23N7O/c1-13(2)15-9-18(26)24(11-19-15)10-14-5-7-23(8-6-14)17-4-3-16-21-20-12-25(16)22-17/h3-4,9,11-14H,5-8,10H2,1-2H3. The van der Waals surface area contributed by atoms with Crippen molar-refractivity contribution in [1.29, 1.82) is 0 Å². The van der Waals surface area contributed by atoms with Gasteiger partial charge < -0.3 is 4.90 Å². The first-order valence-corrected chi connectivity index (χ1v) is 9.08. The molecule has 0 N–H and O–H groups in total. The summed E-state index contributed by atoms with van der Waals surface area (Å²) in [5, 5.41) is 12.4. The number of anilines is 1. The van der Waals surface area contributed by atoms with E-state index in [0.717, 1.165) is 49.6 Å². The number of nitrogens with zero attached hydrogens (tertiary/aromatic N) is 7. The number of hydrogen-bond donors (Lipinski definition) is 0. The number of rotatable bonds is 4. The number of aromatic nitrogens is 6. The van der Waals surface area contributed by atoms with Crippen molar-refractivity contribution in [1.82, 2.24) is 29.4 Å². The van der Waals surface area contributed by atoms with Gasteiger partial charge in [0.1, 0.15) is 12.1 Å². The molecule has 0 unspecified atom stereocenters. The molecular weight excluding hydrogens is 330 g/mol. The minimum atomic E-state index is 0.0471. The van der Waals surface area contributed by atoms with Crippen molar-refractivity contribution in [3.63, 3.8) is 0 Å². The molecule has 1 fully saturated rings. The van der Waals surface area contributed by atoms with Crippen LogP contribution in [-0.2, 0) is 6.54 Å². The summed E-state index contributed by atoms with van der Waals surface area (Å²) < 4.78 is 3.44. The third-order valence-corrected chi connectivity index (χ3v) is 5.03. The van der Waals surface area contributed by atoms with Gasteiger partial charge in [-0.15, -0.1) is 15.3 Å². The summed E-state index contributed by atoms with van der Waals surface area (Å²) in [6.45, 7) is 6.69. The van der Waals surface area contributed by atoms with Gasteiger partial charge >= 0.3 is 0 Å². The molecule has 3 aromatic rings. The fourth-order valence-corrected chi connectivity index (χ4v) is 3.40. The van der Waals surface area contributed by atoms with Crippen LogP contribution in [0.5, 0.6) is 0 Å². The molecule has 1 aliphatic heterocycles. The van der Waals surface area contributed by atoms with Gasteiger partial charge in [0.15, 0.2) is 5.65 Å². The molecule has 0 aromatic carbocycles. The Kier molecular flexibility index (Phi) is 4.40. The molecule has 4 heterocycles. The maximum atomic E-state index is 12.3. The van der Waals surface area contributed by atoms with E-state index in [4.69, 9.17) is 0 Å². The molecule has 0 amide bonds. The van der Waals surface area contributed by atoms with Crippen molar-refractivity contribution in [3.05, 3.63) is 46.9 Å². The van der Waals surface area contributed by atoms with Crippen LogP contribution in [0.3, 0.4) is 0 Å². The highest BCUT2D eigenvalue weighted by molar-refractivity contribution is 5.45. The highest BCUT2D eigenvalue weighted by Gasteiger charge is 2.21. The lowest BCUT2D eigenvalue weighted by Crippen LogP contribution is -2.37. The molecule has 0 radical (unpaired) electrons. The van der Waals surface area contributed by atoms with Crippen LogP contribution in [-0.4, -0.2) is 42.5 Å². The fraction of sp³-hybridized carbons (Fsp3) is 0.500. The van der Waals surface area contributed by atoms with Crippen molar-refractivity contribution in [2.45, 2.75) is 39.2 Å². The molecule has 0 bridgehead atoms. The Balaban J connectivity index is 1.40. The molecule has 4 rings (SSSR count). The van der Waals surface area contributed by atoms with Crippen molar-refractivity contribution >= 4 is 11.5 Å². The summed E-state index contributed by atoms with van der Waals surface area (Å²) >= 11 is 0. The zero-order valence-corrected chi connectivity index (χ0v) is 15.1. The van der Waals surface area contributed by atoms with Crippen molar-refractivity contribution in [2.24, 2.45) is 5.92 Å². The maximum absolute atomic E-state index is 12.3. The second-order valence-corrected chi connectivity index (χ2v) is 7.21. The van der Waals surface area contributed by atoms with Crippen LogP contribution in [0.4, 0.5) is 5.82 Å². The lowest BCUT2D eigenvalue weighted by molar-refractivity contribution is 0.349.